The van der Waals surface area contributed by atoms with E-state index in [2.05, 4.69) is 15.6 Å². The molecule has 2 heterocycles. The largest absolute Gasteiger partial charge is 0.447 e. The molecule has 3 rings (SSSR count). The van der Waals surface area contributed by atoms with Gasteiger partial charge in [-0.15, -0.1) is 11.3 Å². The minimum atomic E-state index is -0.854. The number of alkyl carbamates (subject to hydrolysis) is 1. The maximum absolute atomic E-state index is 12.3. The van der Waals surface area contributed by atoms with Crippen molar-refractivity contribution in [3.05, 3.63) is 47.2 Å². The Labute approximate surface area is 152 Å². The lowest BCUT2D eigenvalue weighted by molar-refractivity contribution is 0.0877. The van der Waals surface area contributed by atoms with E-state index >= 15 is 0 Å². The molecule has 0 fully saturated rings. The molecule has 0 aliphatic heterocycles. The molecular weight excluding hydrogens is 358 g/mol. The van der Waals surface area contributed by atoms with Crippen molar-refractivity contribution < 1.29 is 23.5 Å². The topological polar surface area (TPSA) is 111 Å². The molecule has 2 aromatic heterocycles. The van der Waals surface area contributed by atoms with E-state index in [0.29, 0.717) is 11.1 Å². The van der Waals surface area contributed by atoms with Gasteiger partial charge in [0.25, 0.3) is 11.8 Å². The summed E-state index contributed by atoms with van der Waals surface area (Å²) in [7, 11) is 0. The van der Waals surface area contributed by atoms with Gasteiger partial charge in [-0.05, 0) is 37.4 Å². The Kier molecular flexibility index (Phi) is 4.99. The molecule has 0 radical (unpaired) electrons. The minimum Gasteiger partial charge on any atom is -0.447 e. The van der Waals surface area contributed by atoms with Crippen LogP contribution in [0.4, 0.5) is 9.80 Å². The average molecular weight is 373 g/mol. The van der Waals surface area contributed by atoms with Crippen LogP contribution in [0.25, 0.3) is 11.1 Å². The number of hydrogen-bond donors (Lipinski definition) is 2. The first-order valence-corrected chi connectivity index (χ1v) is 8.58. The van der Waals surface area contributed by atoms with Crippen LogP contribution < -0.4 is 10.6 Å². The quantitative estimate of drug-likeness (QED) is 0.725. The van der Waals surface area contributed by atoms with E-state index in [4.69, 9.17) is 9.15 Å². The Hall–Kier alpha value is -3.20. The summed E-state index contributed by atoms with van der Waals surface area (Å²) in [5.41, 5.74) is 1.18. The molecule has 3 amide bonds. The predicted molar refractivity (Wildman–Crippen MR) is 95.4 cm³/mol. The third kappa shape index (κ3) is 3.89. The van der Waals surface area contributed by atoms with Crippen LogP contribution in [0.2, 0.25) is 0 Å². The molecule has 2 N–H and O–H groups in total. The highest BCUT2D eigenvalue weighted by Gasteiger charge is 2.21. The number of imide groups is 1. The Morgan fingerprint density at radius 1 is 1.15 bits per heavy atom. The number of carbonyl (C=O) groups excluding carboxylic acids is 3. The van der Waals surface area contributed by atoms with Gasteiger partial charge in [0, 0.05) is 0 Å². The van der Waals surface area contributed by atoms with Crippen molar-refractivity contribution in [2.75, 3.05) is 5.32 Å². The smallest absolute Gasteiger partial charge is 0.414 e. The Morgan fingerprint density at radius 3 is 2.65 bits per heavy atom. The molecule has 0 atom stereocenters. The highest BCUT2D eigenvalue weighted by molar-refractivity contribution is 7.14. The van der Waals surface area contributed by atoms with Crippen LogP contribution in [-0.4, -0.2) is 29.0 Å². The van der Waals surface area contributed by atoms with Crippen molar-refractivity contribution in [1.29, 1.82) is 0 Å². The number of fused-ring (bicyclic) bond motifs is 1. The summed E-state index contributed by atoms with van der Waals surface area (Å²) in [5.74, 6) is -1.39. The zero-order valence-electron chi connectivity index (χ0n) is 13.9. The van der Waals surface area contributed by atoms with E-state index in [9.17, 15) is 14.4 Å². The van der Waals surface area contributed by atoms with E-state index in [1.54, 1.807) is 43.5 Å². The molecule has 3 aromatic rings. The van der Waals surface area contributed by atoms with Crippen LogP contribution in [-0.2, 0) is 4.74 Å². The molecule has 0 unspecified atom stereocenters. The van der Waals surface area contributed by atoms with Crippen LogP contribution in [0.15, 0.2) is 40.1 Å². The van der Waals surface area contributed by atoms with Gasteiger partial charge in [-0.1, -0.05) is 12.1 Å². The van der Waals surface area contributed by atoms with E-state index in [1.165, 1.54) is 6.07 Å². The maximum Gasteiger partial charge on any atom is 0.414 e. The third-order valence-corrected chi connectivity index (χ3v) is 4.01. The van der Waals surface area contributed by atoms with Crippen molar-refractivity contribution in [3.8, 4) is 0 Å². The summed E-state index contributed by atoms with van der Waals surface area (Å²) in [6.07, 6.45) is -1.21. The Balaban J connectivity index is 1.72. The van der Waals surface area contributed by atoms with E-state index in [-0.39, 0.29) is 22.6 Å². The lowest BCUT2D eigenvalue weighted by Gasteiger charge is -2.09. The number of aromatic nitrogens is 1. The SMILES string of the molecule is CC(C)OC(=O)NC(=O)c1ccsc1NC(=O)c1nc2ccccc2o1. The lowest BCUT2D eigenvalue weighted by atomic mass is 10.3. The van der Waals surface area contributed by atoms with Gasteiger partial charge < -0.3 is 14.5 Å². The number of rotatable bonds is 4. The van der Waals surface area contributed by atoms with Crippen molar-refractivity contribution in [2.45, 2.75) is 20.0 Å². The van der Waals surface area contributed by atoms with Gasteiger partial charge in [0.05, 0.1) is 11.7 Å². The number of nitrogens with zero attached hydrogens (tertiary/aromatic N) is 1. The van der Waals surface area contributed by atoms with Gasteiger partial charge in [0.2, 0.25) is 0 Å². The summed E-state index contributed by atoms with van der Waals surface area (Å²) in [6.45, 7) is 3.33. The van der Waals surface area contributed by atoms with Gasteiger partial charge in [-0.3, -0.25) is 14.9 Å². The first-order valence-electron chi connectivity index (χ1n) is 7.70. The predicted octanol–water partition coefficient (Wildman–Crippen LogP) is 3.42. The number of amides is 3. The molecule has 9 heteroatoms. The number of carbonyl (C=O) groups is 3. The van der Waals surface area contributed by atoms with E-state index in [1.807, 2.05) is 0 Å². The second-order valence-electron chi connectivity index (χ2n) is 5.51. The van der Waals surface area contributed by atoms with Gasteiger partial charge in [-0.25, -0.2) is 9.78 Å². The second-order valence-corrected chi connectivity index (χ2v) is 6.43. The fourth-order valence-corrected chi connectivity index (χ4v) is 2.89. The zero-order chi connectivity index (χ0) is 18.7. The number of hydrogen-bond acceptors (Lipinski definition) is 7. The standard InChI is InChI=1S/C17H15N3O5S/c1-9(2)24-17(23)20-13(21)10-7-8-26-16(10)19-14(22)15-18-11-5-3-4-6-12(11)25-15/h3-9H,1-2H3,(H,19,22)(H,20,21,23). The first-order chi connectivity index (χ1) is 12.4. The number of benzene rings is 1. The van der Waals surface area contributed by atoms with Crippen LogP contribution >= 0.6 is 11.3 Å². The number of thiophene rings is 1. The Morgan fingerprint density at radius 2 is 1.92 bits per heavy atom. The molecule has 1 aromatic carbocycles. The molecule has 0 bridgehead atoms. The number of nitrogens with one attached hydrogen (secondary N) is 2. The summed E-state index contributed by atoms with van der Waals surface area (Å²) >= 11 is 1.13. The van der Waals surface area contributed by atoms with Gasteiger partial charge in [0.15, 0.2) is 5.58 Å². The van der Waals surface area contributed by atoms with Crippen LogP contribution in [0, 0.1) is 0 Å². The highest BCUT2D eigenvalue weighted by atomic mass is 32.1. The normalized spacial score (nSPS) is 10.7. The fraction of sp³-hybridized carbons (Fsp3) is 0.176. The average Bonchev–Trinajstić information content (AvgIpc) is 3.20. The molecule has 0 saturated carbocycles. The van der Waals surface area contributed by atoms with Crippen LogP contribution in [0.1, 0.15) is 34.9 Å². The number of oxazole rings is 1. The maximum atomic E-state index is 12.3. The number of para-hydroxylation sites is 2. The van der Waals surface area contributed by atoms with Crippen molar-refractivity contribution >= 4 is 45.3 Å². The zero-order valence-corrected chi connectivity index (χ0v) is 14.8. The Bertz CT molecular complexity index is 943. The van der Waals surface area contributed by atoms with Crippen LogP contribution in [0.3, 0.4) is 0 Å². The van der Waals surface area contributed by atoms with Crippen molar-refractivity contribution in [3.63, 3.8) is 0 Å². The van der Waals surface area contributed by atoms with Crippen molar-refractivity contribution in [2.24, 2.45) is 0 Å². The molecule has 0 aliphatic carbocycles. The summed E-state index contributed by atoms with van der Waals surface area (Å²) < 4.78 is 10.3. The van der Waals surface area contributed by atoms with Crippen LogP contribution in [0.5, 0.6) is 0 Å². The lowest BCUT2D eigenvalue weighted by Crippen LogP contribution is -2.32. The molecular formula is C17H15N3O5S. The number of ether oxygens (including phenoxy) is 1. The molecule has 0 saturated heterocycles. The monoisotopic (exact) mass is 373 g/mol. The molecule has 0 spiro atoms. The minimum absolute atomic E-state index is 0.120. The molecule has 0 aliphatic rings. The number of anilines is 1. The third-order valence-electron chi connectivity index (χ3n) is 3.18. The van der Waals surface area contributed by atoms with E-state index in [0.717, 1.165) is 11.3 Å². The molecule has 134 valence electrons. The highest BCUT2D eigenvalue weighted by Crippen LogP contribution is 2.24. The molecule has 26 heavy (non-hydrogen) atoms. The van der Waals surface area contributed by atoms with Gasteiger partial charge >= 0.3 is 12.0 Å². The summed E-state index contributed by atoms with van der Waals surface area (Å²) in [4.78, 5) is 40.2. The molecule has 8 nitrogen and oxygen atoms in total. The van der Waals surface area contributed by atoms with Crippen molar-refractivity contribution in [1.82, 2.24) is 10.3 Å². The summed E-state index contributed by atoms with van der Waals surface area (Å²) in [6, 6.07) is 8.46. The van der Waals surface area contributed by atoms with Gasteiger partial charge in [0.1, 0.15) is 10.5 Å². The second kappa shape index (κ2) is 7.36. The summed E-state index contributed by atoms with van der Waals surface area (Å²) in [5, 5.41) is 6.56. The fourth-order valence-electron chi connectivity index (χ4n) is 2.11. The van der Waals surface area contributed by atoms with E-state index < -0.39 is 17.9 Å². The first kappa shape index (κ1) is 17.6. The van der Waals surface area contributed by atoms with Gasteiger partial charge in [-0.2, -0.15) is 0 Å².